The van der Waals surface area contributed by atoms with Crippen molar-refractivity contribution < 1.29 is 0 Å². The maximum absolute atomic E-state index is 8.60. The van der Waals surface area contributed by atoms with E-state index in [1.54, 1.807) is 25.2 Å². The minimum atomic E-state index is 0.319. The average Bonchev–Trinajstić information content (AvgIpc) is 2.05. The predicted molar refractivity (Wildman–Crippen MR) is 42.9 cm³/mol. The lowest BCUT2D eigenvalue weighted by Gasteiger charge is -1.99. The van der Waals surface area contributed by atoms with Crippen molar-refractivity contribution in [3.8, 4) is 12.3 Å². The van der Waals surface area contributed by atoms with E-state index in [1.807, 2.05) is 6.07 Å². The zero-order valence-corrected chi connectivity index (χ0v) is 6.50. The van der Waals surface area contributed by atoms with Crippen LogP contribution in [0, 0.1) is 29.7 Å². The Morgan fingerprint density at radius 2 is 2.17 bits per heavy atom. The lowest BCUT2D eigenvalue weighted by molar-refractivity contribution is 1.19. The summed E-state index contributed by atoms with van der Waals surface area (Å²) >= 11 is 0. The van der Waals surface area contributed by atoms with Gasteiger partial charge in [0, 0.05) is 5.69 Å². The van der Waals surface area contributed by atoms with Gasteiger partial charge in [0.25, 0.3) is 0 Å². The fraction of sp³-hybridized carbons (Fsp3) is 0.125. The van der Waals surface area contributed by atoms with Crippen molar-refractivity contribution in [3.63, 3.8) is 0 Å². The van der Waals surface area contributed by atoms with E-state index in [0.29, 0.717) is 11.4 Å². The van der Waals surface area contributed by atoms with Crippen molar-refractivity contribution in [2.75, 3.05) is 5.32 Å². The lowest BCUT2D eigenvalue weighted by atomic mass is 10.2. The molecule has 0 bridgehead atoms. The van der Waals surface area contributed by atoms with Gasteiger partial charge in [-0.2, -0.15) is 10.5 Å². The number of aromatic nitrogens is 1. The fourth-order valence-corrected chi connectivity index (χ4v) is 0.795. The Balaban J connectivity index is 3.16. The number of nitrogens with one attached hydrogen (secondary N) is 1. The van der Waals surface area contributed by atoms with Gasteiger partial charge in [-0.1, -0.05) is 0 Å². The largest absolute Gasteiger partial charge is 0.276 e. The Hall–Kier alpha value is -2.07. The molecule has 0 amide bonds. The van der Waals surface area contributed by atoms with Crippen molar-refractivity contribution in [1.29, 1.82) is 10.5 Å². The number of anilines is 1. The van der Waals surface area contributed by atoms with E-state index in [4.69, 9.17) is 10.5 Å². The Morgan fingerprint density at radius 1 is 1.42 bits per heavy atom. The number of nitrogens with zero attached hydrogens (tertiary/aromatic N) is 3. The standard InChI is InChI=1S/C8H6N4/c1-6-2-3-7(4-9)8(12-6)11-5-10/h2-3H,1H3,(H,11,12). The van der Waals surface area contributed by atoms with Gasteiger partial charge in [0.2, 0.25) is 0 Å². The third kappa shape index (κ3) is 1.50. The molecule has 1 heterocycles. The molecule has 58 valence electrons. The Morgan fingerprint density at radius 3 is 2.75 bits per heavy atom. The molecule has 1 N–H and O–H groups in total. The first-order chi connectivity index (χ1) is 5.77. The van der Waals surface area contributed by atoms with Gasteiger partial charge in [-0.05, 0) is 19.1 Å². The molecule has 0 spiro atoms. The second-order valence-electron chi connectivity index (χ2n) is 2.20. The van der Waals surface area contributed by atoms with Gasteiger partial charge in [0.15, 0.2) is 12.0 Å². The molecule has 1 rings (SSSR count). The van der Waals surface area contributed by atoms with E-state index in [0.717, 1.165) is 5.69 Å². The van der Waals surface area contributed by atoms with Crippen LogP contribution in [0.5, 0.6) is 0 Å². The first kappa shape index (κ1) is 8.03. The highest BCUT2D eigenvalue weighted by Crippen LogP contribution is 2.10. The van der Waals surface area contributed by atoms with Gasteiger partial charge in [-0.25, -0.2) is 4.98 Å². The van der Waals surface area contributed by atoms with Gasteiger partial charge < -0.3 is 0 Å². The van der Waals surface area contributed by atoms with Crippen molar-refractivity contribution in [1.82, 2.24) is 4.98 Å². The zero-order valence-electron chi connectivity index (χ0n) is 6.50. The molecule has 0 aliphatic heterocycles. The SMILES string of the molecule is Cc1ccc(C#N)c(NC#N)n1. The summed E-state index contributed by atoms with van der Waals surface area (Å²) < 4.78 is 0. The third-order valence-corrected chi connectivity index (χ3v) is 1.33. The summed E-state index contributed by atoms with van der Waals surface area (Å²) in [6.45, 7) is 1.80. The van der Waals surface area contributed by atoms with Gasteiger partial charge in [0.1, 0.15) is 6.07 Å². The number of rotatable bonds is 1. The average molecular weight is 158 g/mol. The van der Waals surface area contributed by atoms with Crippen LogP contribution in [0.15, 0.2) is 12.1 Å². The molecule has 0 saturated heterocycles. The van der Waals surface area contributed by atoms with Crippen molar-refractivity contribution in [2.45, 2.75) is 6.92 Å². The van der Waals surface area contributed by atoms with E-state index in [2.05, 4.69) is 10.3 Å². The highest BCUT2D eigenvalue weighted by molar-refractivity contribution is 5.54. The van der Waals surface area contributed by atoms with Crippen LogP contribution in [0.25, 0.3) is 0 Å². The molecule has 0 aliphatic rings. The highest BCUT2D eigenvalue weighted by atomic mass is 15.0. The number of nitriles is 2. The molecule has 0 saturated carbocycles. The predicted octanol–water partition coefficient (Wildman–Crippen LogP) is 1.15. The Labute approximate surface area is 70.1 Å². The summed E-state index contributed by atoms with van der Waals surface area (Å²) in [5.74, 6) is 0.319. The number of pyridine rings is 1. The summed E-state index contributed by atoms with van der Waals surface area (Å²) in [6.07, 6.45) is 1.72. The Kier molecular flexibility index (Phi) is 2.25. The van der Waals surface area contributed by atoms with Gasteiger partial charge in [0.05, 0.1) is 5.56 Å². The van der Waals surface area contributed by atoms with Crippen LogP contribution in [0.1, 0.15) is 11.3 Å². The minimum Gasteiger partial charge on any atom is -0.276 e. The molecule has 0 radical (unpaired) electrons. The minimum absolute atomic E-state index is 0.319. The fourth-order valence-electron chi connectivity index (χ4n) is 0.795. The van der Waals surface area contributed by atoms with Crippen LogP contribution in [-0.4, -0.2) is 4.98 Å². The maximum Gasteiger partial charge on any atom is 0.182 e. The molecule has 1 aromatic heterocycles. The molecule has 0 aliphatic carbocycles. The zero-order chi connectivity index (χ0) is 8.97. The van der Waals surface area contributed by atoms with Crippen LogP contribution in [-0.2, 0) is 0 Å². The summed E-state index contributed by atoms with van der Waals surface area (Å²) in [5.41, 5.74) is 1.15. The number of hydrogen-bond donors (Lipinski definition) is 1. The third-order valence-electron chi connectivity index (χ3n) is 1.33. The molecule has 0 unspecified atom stereocenters. The maximum atomic E-state index is 8.60. The first-order valence-electron chi connectivity index (χ1n) is 3.31. The molecule has 12 heavy (non-hydrogen) atoms. The normalized spacial score (nSPS) is 8.25. The summed E-state index contributed by atoms with van der Waals surface area (Å²) in [4.78, 5) is 3.98. The van der Waals surface area contributed by atoms with Crippen molar-refractivity contribution in [3.05, 3.63) is 23.4 Å². The molecule has 0 fully saturated rings. The summed E-state index contributed by atoms with van der Waals surface area (Å²) in [6, 6.07) is 5.28. The van der Waals surface area contributed by atoms with E-state index in [-0.39, 0.29) is 0 Å². The quantitative estimate of drug-likeness (QED) is 0.491. The molecule has 0 atom stereocenters. The molecular weight excluding hydrogens is 152 g/mol. The van der Waals surface area contributed by atoms with E-state index in [1.165, 1.54) is 0 Å². The number of hydrogen-bond acceptors (Lipinski definition) is 4. The molecule has 1 aromatic rings. The highest BCUT2D eigenvalue weighted by Gasteiger charge is 2.01. The smallest absolute Gasteiger partial charge is 0.182 e. The second kappa shape index (κ2) is 3.36. The summed E-state index contributed by atoms with van der Waals surface area (Å²) in [7, 11) is 0. The Bertz CT molecular complexity index is 370. The van der Waals surface area contributed by atoms with Crippen LogP contribution in [0.2, 0.25) is 0 Å². The van der Waals surface area contributed by atoms with Crippen LogP contribution < -0.4 is 5.32 Å². The molecule has 4 heteroatoms. The van der Waals surface area contributed by atoms with Crippen LogP contribution in [0.3, 0.4) is 0 Å². The van der Waals surface area contributed by atoms with Crippen LogP contribution in [0.4, 0.5) is 5.82 Å². The topological polar surface area (TPSA) is 72.5 Å². The van der Waals surface area contributed by atoms with E-state index in [9.17, 15) is 0 Å². The molecule has 4 nitrogen and oxygen atoms in total. The van der Waals surface area contributed by atoms with Gasteiger partial charge in [-0.3, -0.25) is 5.32 Å². The monoisotopic (exact) mass is 158 g/mol. The van der Waals surface area contributed by atoms with Crippen LogP contribution >= 0.6 is 0 Å². The van der Waals surface area contributed by atoms with E-state index >= 15 is 0 Å². The van der Waals surface area contributed by atoms with Crippen molar-refractivity contribution in [2.24, 2.45) is 0 Å². The van der Waals surface area contributed by atoms with E-state index < -0.39 is 0 Å². The number of aryl methyl sites for hydroxylation is 1. The molecular formula is C8H6N4. The summed E-state index contributed by atoms with van der Waals surface area (Å²) in [5, 5.41) is 19.3. The molecule has 0 aromatic carbocycles. The lowest BCUT2D eigenvalue weighted by Crippen LogP contribution is -1.96. The second-order valence-corrected chi connectivity index (χ2v) is 2.20. The first-order valence-corrected chi connectivity index (χ1v) is 3.31. The van der Waals surface area contributed by atoms with Gasteiger partial charge >= 0.3 is 0 Å². The van der Waals surface area contributed by atoms with Gasteiger partial charge in [-0.15, -0.1) is 0 Å². The van der Waals surface area contributed by atoms with Crippen molar-refractivity contribution >= 4 is 5.82 Å².